The predicted molar refractivity (Wildman–Crippen MR) is 106 cm³/mol. The minimum Gasteiger partial charge on any atom is -0.352 e. The number of likely N-dealkylation sites (N-methyl/N-ethyl adjacent to an activating group) is 1. The molecule has 168 valence electrons. The summed E-state index contributed by atoms with van der Waals surface area (Å²) in [6, 6.07) is 3.37. The zero-order valence-electron chi connectivity index (χ0n) is 17.2. The van der Waals surface area contributed by atoms with Gasteiger partial charge in [0.25, 0.3) is 0 Å². The van der Waals surface area contributed by atoms with E-state index in [0.717, 1.165) is 25.0 Å². The number of rotatable bonds is 6. The highest BCUT2D eigenvalue weighted by atomic mass is 32.2. The van der Waals surface area contributed by atoms with E-state index in [-0.39, 0.29) is 53.7 Å². The molecule has 2 N–H and O–H groups in total. The van der Waals surface area contributed by atoms with Gasteiger partial charge in [0.05, 0.1) is 16.5 Å². The van der Waals surface area contributed by atoms with Crippen LogP contribution >= 0.6 is 0 Å². The standard InChI is InChI=1S/C20H28F3N3O3S/c1-12(2)18(24-3)19(27)25-17-8-7-13-10-26(11-16(13)17)30(28,29)15-6-4-5-14(9-15)20(21,22)23/h4-6,9,12-13,16-18,24H,7-8,10-11H2,1-3H3,(H,25,27)/t13-,16+,17+,18+/m1/s1. The van der Waals surface area contributed by atoms with Crippen molar-refractivity contribution in [1.29, 1.82) is 0 Å². The van der Waals surface area contributed by atoms with E-state index in [1.165, 1.54) is 10.4 Å². The van der Waals surface area contributed by atoms with Crippen LogP contribution in [-0.2, 0) is 21.0 Å². The van der Waals surface area contributed by atoms with Crippen molar-refractivity contribution in [3.8, 4) is 0 Å². The minimum atomic E-state index is -4.61. The molecule has 1 aromatic rings. The maximum Gasteiger partial charge on any atom is 0.416 e. The van der Waals surface area contributed by atoms with Crippen LogP contribution in [0.2, 0.25) is 0 Å². The van der Waals surface area contributed by atoms with Gasteiger partial charge in [0.2, 0.25) is 15.9 Å². The van der Waals surface area contributed by atoms with Gasteiger partial charge in [0.15, 0.2) is 0 Å². The monoisotopic (exact) mass is 447 g/mol. The van der Waals surface area contributed by atoms with Crippen molar-refractivity contribution >= 4 is 15.9 Å². The molecule has 4 atom stereocenters. The lowest BCUT2D eigenvalue weighted by atomic mass is 9.97. The van der Waals surface area contributed by atoms with E-state index in [4.69, 9.17) is 0 Å². The number of benzene rings is 1. The van der Waals surface area contributed by atoms with Crippen LogP contribution in [0.3, 0.4) is 0 Å². The number of nitrogens with zero attached hydrogens (tertiary/aromatic N) is 1. The van der Waals surface area contributed by atoms with Gasteiger partial charge in [-0.25, -0.2) is 8.42 Å². The molecule has 0 bridgehead atoms. The lowest BCUT2D eigenvalue weighted by Crippen LogP contribution is -2.50. The van der Waals surface area contributed by atoms with Gasteiger partial charge in [-0.1, -0.05) is 19.9 Å². The molecule has 0 aromatic heterocycles. The molecular formula is C20H28F3N3O3S. The van der Waals surface area contributed by atoms with E-state index in [9.17, 15) is 26.4 Å². The van der Waals surface area contributed by atoms with Crippen molar-refractivity contribution in [2.45, 2.75) is 49.8 Å². The Kier molecular flexibility index (Phi) is 6.50. The van der Waals surface area contributed by atoms with Gasteiger partial charge in [-0.2, -0.15) is 17.5 Å². The second-order valence-electron chi connectivity index (χ2n) is 8.47. The molecule has 1 aliphatic carbocycles. The number of hydrogen-bond donors (Lipinski definition) is 2. The maximum absolute atomic E-state index is 13.0. The summed E-state index contributed by atoms with van der Waals surface area (Å²) >= 11 is 0. The predicted octanol–water partition coefficient (Wildman–Crippen LogP) is 2.46. The van der Waals surface area contributed by atoms with Crippen molar-refractivity contribution < 1.29 is 26.4 Å². The summed E-state index contributed by atoms with van der Waals surface area (Å²) in [5.41, 5.74) is -0.986. The molecule has 2 aliphatic rings. The first-order valence-electron chi connectivity index (χ1n) is 10.1. The molecule has 3 rings (SSSR count). The SMILES string of the molecule is CN[C@H](C(=O)N[C@H]1CC[C@@H]2CN(S(=O)(=O)c3cccc(C(F)(F)F)c3)C[C@@H]21)C(C)C. The van der Waals surface area contributed by atoms with Crippen molar-refractivity contribution in [2.75, 3.05) is 20.1 Å². The summed E-state index contributed by atoms with van der Waals surface area (Å²) in [7, 11) is -2.32. The highest BCUT2D eigenvalue weighted by molar-refractivity contribution is 7.89. The van der Waals surface area contributed by atoms with Crippen LogP contribution in [0.25, 0.3) is 0 Å². The van der Waals surface area contributed by atoms with Gasteiger partial charge in [0.1, 0.15) is 0 Å². The Balaban J connectivity index is 1.74. The largest absolute Gasteiger partial charge is 0.416 e. The Bertz CT molecular complexity index is 889. The Morgan fingerprint density at radius 1 is 1.20 bits per heavy atom. The third kappa shape index (κ3) is 4.50. The number of amides is 1. The van der Waals surface area contributed by atoms with Crippen molar-refractivity contribution in [1.82, 2.24) is 14.9 Å². The Morgan fingerprint density at radius 3 is 2.50 bits per heavy atom. The summed E-state index contributed by atoms with van der Waals surface area (Å²) in [5, 5.41) is 6.05. The lowest BCUT2D eigenvalue weighted by molar-refractivity contribution is -0.137. The highest BCUT2D eigenvalue weighted by Gasteiger charge is 2.47. The molecule has 1 saturated carbocycles. The van der Waals surface area contributed by atoms with Gasteiger partial charge in [-0.05, 0) is 55.8 Å². The van der Waals surface area contributed by atoms with Crippen molar-refractivity contribution in [3.63, 3.8) is 0 Å². The van der Waals surface area contributed by atoms with Gasteiger partial charge < -0.3 is 10.6 Å². The second-order valence-corrected chi connectivity index (χ2v) is 10.4. The molecule has 2 fully saturated rings. The number of carbonyl (C=O) groups is 1. The number of alkyl halides is 3. The molecule has 10 heteroatoms. The average molecular weight is 448 g/mol. The van der Waals surface area contributed by atoms with E-state index in [1.54, 1.807) is 7.05 Å². The van der Waals surface area contributed by atoms with E-state index < -0.39 is 21.8 Å². The van der Waals surface area contributed by atoms with Gasteiger partial charge in [-0.3, -0.25) is 4.79 Å². The number of carbonyl (C=O) groups excluding carboxylic acids is 1. The first-order valence-corrected chi connectivity index (χ1v) is 11.5. The molecule has 1 aromatic carbocycles. The Hall–Kier alpha value is -1.65. The number of fused-ring (bicyclic) bond motifs is 1. The van der Waals surface area contributed by atoms with E-state index >= 15 is 0 Å². The van der Waals surface area contributed by atoms with Gasteiger partial charge in [-0.15, -0.1) is 0 Å². The van der Waals surface area contributed by atoms with E-state index in [1.807, 2.05) is 13.8 Å². The molecule has 0 spiro atoms. The minimum absolute atomic E-state index is 0.0424. The molecule has 1 amide bonds. The summed E-state index contributed by atoms with van der Waals surface area (Å²) in [6.07, 6.45) is -3.06. The Labute approximate surface area is 175 Å². The first kappa shape index (κ1) is 23.0. The Morgan fingerprint density at radius 2 is 1.90 bits per heavy atom. The van der Waals surface area contributed by atoms with Crippen LogP contribution in [0.15, 0.2) is 29.2 Å². The third-order valence-electron chi connectivity index (χ3n) is 6.21. The van der Waals surface area contributed by atoms with E-state index in [2.05, 4.69) is 10.6 Å². The number of nitrogens with one attached hydrogen (secondary N) is 2. The normalized spacial score (nSPS) is 26.0. The number of sulfonamides is 1. The highest BCUT2D eigenvalue weighted by Crippen LogP contribution is 2.40. The molecule has 1 aliphatic heterocycles. The topological polar surface area (TPSA) is 78.5 Å². The molecule has 0 unspecified atom stereocenters. The second kappa shape index (κ2) is 8.47. The fourth-order valence-electron chi connectivity index (χ4n) is 4.62. The lowest BCUT2D eigenvalue weighted by Gasteiger charge is -2.26. The molecule has 1 heterocycles. The zero-order chi connectivity index (χ0) is 22.3. The van der Waals surface area contributed by atoms with Crippen LogP contribution in [-0.4, -0.2) is 50.9 Å². The molecule has 1 saturated heterocycles. The quantitative estimate of drug-likeness (QED) is 0.702. The van der Waals surface area contributed by atoms with Crippen LogP contribution in [0.4, 0.5) is 13.2 Å². The zero-order valence-corrected chi connectivity index (χ0v) is 18.1. The number of halogens is 3. The van der Waals surface area contributed by atoms with Gasteiger partial charge in [0, 0.05) is 19.1 Å². The summed E-state index contributed by atoms with van der Waals surface area (Å²) in [6.45, 7) is 4.34. The van der Waals surface area contributed by atoms with Gasteiger partial charge >= 0.3 is 6.18 Å². The molecule has 0 radical (unpaired) electrons. The smallest absolute Gasteiger partial charge is 0.352 e. The summed E-state index contributed by atoms with van der Waals surface area (Å²) in [5.74, 6) is 0.0352. The third-order valence-corrected chi connectivity index (χ3v) is 8.04. The fourth-order valence-corrected chi connectivity index (χ4v) is 6.20. The fraction of sp³-hybridized carbons (Fsp3) is 0.650. The molecule has 6 nitrogen and oxygen atoms in total. The van der Waals surface area contributed by atoms with E-state index in [0.29, 0.717) is 6.07 Å². The summed E-state index contributed by atoms with van der Waals surface area (Å²) < 4.78 is 66.2. The summed E-state index contributed by atoms with van der Waals surface area (Å²) in [4.78, 5) is 12.2. The molecular weight excluding hydrogens is 419 g/mol. The maximum atomic E-state index is 13.0. The van der Waals surface area contributed by atoms with Crippen LogP contribution in [0.5, 0.6) is 0 Å². The van der Waals surface area contributed by atoms with Crippen molar-refractivity contribution in [3.05, 3.63) is 29.8 Å². The first-order chi connectivity index (χ1) is 13.9. The molecule has 30 heavy (non-hydrogen) atoms. The van der Waals surface area contributed by atoms with Crippen LogP contribution in [0, 0.1) is 17.8 Å². The van der Waals surface area contributed by atoms with Crippen LogP contribution in [0.1, 0.15) is 32.3 Å². The van der Waals surface area contributed by atoms with Crippen molar-refractivity contribution in [2.24, 2.45) is 17.8 Å². The van der Waals surface area contributed by atoms with Crippen LogP contribution < -0.4 is 10.6 Å². The number of hydrogen-bond acceptors (Lipinski definition) is 4. The average Bonchev–Trinajstić information content (AvgIpc) is 3.24.